The minimum absolute atomic E-state index is 0.286. The number of rotatable bonds is 2. The zero-order valence-electron chi connectivity index (χ0n) is 9.36. The lowest BCUT2D eigenvalue weighted by atomic mass is 9.87. The summed E-state index contributed by atoms with van der Waals surface area (Å²) in [7, 11) is 0. The Bertz CT molecular complexity index is 327. The first kappa shape index (κ1) is 11.7. The number of benzene rings is 1. The van der Waals surface area contributed by atoms with Gasteiger partial charge < -0.3 is 10.5 Å². The fraction of sp³-hybridized carbons (Fsp3) is 0.417. The molecule has 0 amide bonds. The molecule has 15 heavy (non-hydrogen) atoms. The molecule has 1 aromatic rings. The molecule has 0 aliphatic heterocycles. The van der Waals surface area contributed by atoms with Crippen molar-refractivity contribution in [1.82, 2.24) is 0 Å². The Hall–Kier alpha value is -1.35. The number of nitrogens with two attached hydrogens (primary N) is 1. The molecule has 3 heteroatoms. The van der Waals surface area contributed by atoms with E-state index in [1.165, 1.54) is 0 Å². The topological polar surface area (TPSA) is 52.3 Å². The summed E-state index contributed by atoms with van der Waals surface area (Å²) in [6, 6.07) is 8.33. The highest BCUT2D eigenvalue weighted by molar-refractivity contribution is 5.78. The lowest BCUT2D eigenvalue weighted by Gasteiger charge is -2.24. The van der Waals surface area contributed by atoms with E-state index >= 15 is 0 Å². The number of carbonyl (C=O) groups is 1. The van der Waals surface area contributed by atoms with E-state index in [2.05, 4.69) is 0 Å². The molecule has 2 N–H and O–H groups in total. The molecule has 3 nitrogen and oxygen atoms in total. The van der Waals surface area contributed by atoms with Gasteiger partial charge in [-0.15, -0.1) is 0 Å². The Morgan fingerprint density at radius 2 is 1.80 bits per heavy atom. The van der Waals surface area contributed by atoms with Crippen molar-refractivity contribution in [3.63, 3.8) is 0 Å². The van der Waals surface area contributed by atoms with Crippen LogP contribution in [0.1, 0.15) is 20.8 Å². The second-order valence-electron chi connectivity index (χ2n) is 4.58. The van der Waals surface area contributed by atoms with Gasteiger partial charge in [-0.3, -0.25) is 0 Å². The van der Waals surface area contributed by atoms with Crippen LogP contribution < -0.4 is 10.5 Å². The number of hydrogen-bond donors (Lipinski definition) is 1. The third kappa shape index (κ3) is 3.36. The van der Waals surface area contributed by atoms with Crippen LogP contribution in [0.2, 0.25) is 0 Å². The quantitative estimate of drug-likeness (QED) is 0.596. The Labute approximate surface area is 90.2 Å². The van der Waals surface area contributed by atoms with Gasteiger partial charge in [0.15, 0.2) is 0 Å². The predicted octanol–water partition coefficient (Wildman–Crippen LogP) is 1.97. The highest BCUT2D eigenvalue weighted by Gasteiger charge is 2.29. The van der Waals surface area contributed by atoms with Crippen molar-refractivity contribution < 1.29 is 9.53 Å². The molecule has 1 aromatic carbocycles. The summed E-state index contributed by atoms with van der Waals surface area (Å²) >= 11 is 0. The van der Waals surface area contributed by atoms with Gasteiger partial charge in [-0.2, -0.15) is 0 Å². The third-order valence-corrected chi connectivity index (χ3v) is 2.15. The Morgan fingerprint density at radius 1 is 1.27 bits per heavy atom. The second kappa shape index (κ2) is 4.45. The smallest absolute Gasteiger partial charge is 0.328 e. The molecule has 0 aliphatic carbocycles. The van der Waals surface area contributed by atoms with Gasteiger partial charge >= 0.3 is 5.97 Å². The Morgan fingerprint density at radius 3 is 2.27 bits per heavy atom. The third-order valence-electron chi connectivity index (χ3n) is 2.15. The van der Waals surface area contributed by atoms with Crippen LogP contribution in [0.15, 0.2) is 30.3 Å². The highest BCUT2D eigenvalue weighted by atomic mass is 16.5. The van der Waals surface area contributed by atoms with Crippen molar-refractivity contribution in [3.05, 3.63) is 30.3 Å². The van der Waals surface area contributed by atoms with Crippen LogP contribution in [0.4, 0.5) is 0 Å². The molecule has 0 bridgehead atoms. The van der Waals surface area contributed by atoms with E-state index in [-0.39, 0.29) is 5.41 Å². The van der Waals surface area contributed by atoms with Crippen LogP contribution in [0.3, 0.4) is 0 Å². The van der Waals surface area contributed by atoms with Gasteiger partial charge in [0.1, 0.15) is 11.8 Å². The van der Waals surface area contributed by atoms with E-state index in [0.29, 0.717) is 5.75 Å². The normalized spacial score (nSPS) is 13.3. The number of carbonyl (C=O) groups excluding carboxylic acids is 1. The first-order valence-electron chi connectivity index (χ1n) is 4.93. The van der Waals surface area contributed by atoms with Crippen molar-refractivity contribution in [2.24, 2.45) is 11.1 Å². The molecule has 0 heterocycles. The summed E-state index contributed by atoms with van der Waals surface area (Å²) in [6.07, 6.45) is 0. The molecule has 0 aliphatic rings. The summed E-state index contributed by atoms with van der Waals surface area (Å²) < 4.78 is 5.14. The Balaban J connectivity index is 2.65. The van der Waals surface area contributed by atoms with Crippen molar-refractivity contribution in [3.8, 4) is 5.75 Å². The van der Waals surface area contributed by atoms with E-state index in [4.69, 9.17) is 10.5 Å². The van der Waals surface area contributed by atoms with Crippen LogP contribution in [-0.4, -0.2) is 12.0 Å². The summed E-state index contributed by atoms with van der Waals surface area (Å²) in [5.41, 5.74) is 5.48. The minimum Gasteiger partial charge on any atom is -0.425 e. The highest BCUT2D eigenvalue weighted by Crippen LogP contribution is 2.19. The largest absolute Gasteiger partial charge is 0.425 e. The Kier molecular flexibility index (Phi) is 3.48. The average Bonchev–Trinajstić information content (AvgIpc) is 2.16. The van der Waals surface area contributed by atoms with E-state index < -0.39 is 12.0 Å². The number of para-hydroxylation sites is 1. The maximum Gasteiger partial charge on any atom is 0.328 e. The molecular formula is C12H17NO2. The van der Waals surface area contributed by atoms with Crippen LogP contribution >= 0.6 is 0 Å². The zero-order valence-corrected chi connectivity index (χ0v) is 9.36. The van der Waals surface area contributed by atoms with Crippen molar-refractivity contribution >= 4 is 5.97 Å². The number of esters is 1. The molecular weight excluding hydrogens is 190 g/mol. The van der Waals surface area contributed by atoms with E-state index in [1.807, 2.05) is 39.0 Å². The molecule has 0 saturated carbocycles. The molecule has 0 aromatic heterocycles. The van der Waals surface area contributed by atoms with Gasteiger partial charge in [-0.25, -0.2) is 4.79 Å². The summed E-state index contributed by atoms with van der Waals surface area (Å²) in [4.78, 5) is 11.6. The second-order valence-corrected chi connectivity index (χ2v) is 4.58. The monoisotopic (exact) mass is 207 g/mol. The van der Waals surface area contributed by atoms with Crippen molar-refractivity contribution in [2.75, 3.05) is 0 Å². The van der Waals surface area contributed by atoms with Crippen LogP contribution in [0.5, 0.6) is 5.75 Å². The molecule has 0 unspecified atom stereocenters. The molecule has 0 saturated heterocycles. The van der Waals surface area contributed by atoms with E-state index in [0.717, 1.165) is 0 Å². The van der Waals surface area contributed by atoms with Crippen molar-refractivity contribution in [1.29, 1.82) is 0 Å². The minimum atomic E-state index is -0.613. The van der Waals surface area contributed by atoms with Crippen molar-refractivity contribution in [2.45, 2.75) is 26.8 Å². The van der Waals surface area contributed by atoms with Crippen LogP contribution in [0.25, 0.3) is 0 Å². The fourth-order valence-electron chi connectivity index (χ4n) is 1.02. The fourth-order valence-corrected chi connectivity index (χ4v) is 1.02. The lowest BCUT2D eigenvalue weighted by molar-refractivity contribution is -0.138. The van der Waals surface area contributed by atoms with E-state index in [1.54, 1.807) is 12.1 Å². The number of hydrogen-bond acceptors (Lipinski definition) is 3. The van der Waals surface area contributed by atoms with Gasteiger partial charge in [0, 0.05) is 0 Å². The SMILES string of the molecule is CC(C)(C)[C@@H](N)C(=O)Oc1ccccc1. The number of ether oxygens (including phenoxy) is 1. The molecule has 0 spiro atoms. The summed E-state index contributed by atoms with van der Waals surface area (Å²) in [5, 5.41) is 0. The molecule has 0 fully saturated rings. The van der Waals surface area contributed by atoms with Gasteiger partial charge in [-0.1, -0.05) is 39.0 Å². The van der Waals surface area contributed by atoms with Crippen LogP contribution in [-0.2, 0) is 4.79 Å². The summed E-state index contributed by atoms with van der Waals surface area (Å²) in [5.74, 6) is 0.135. The van der Waals surface area contributed by atoms with Gasteiger partial charge in [0.05, 0.1) is 0 Å². The average molecular weight is 207 g/mol. The van der Waals surface area contributed by atoms with Crippen LogP contribution in [0, 0.1) is 5.41 Å². The maximum atomic E-state index is 11.6. The first-order chi connectivity index (χ1) is 6.91. The predicted molar refractivity (Wildman–Crippen MR) is 59.5 cm³/mol. The molecule has 1 rings (SSSR count). The van der Waals surface area contributed by atoms with Gasteiger partial charge in [0.2, 0.25) is 0 Å². The van der Waals surface area contributed by atoms with E-state index in [9.17, 15) is 4.79 Å². The molecule has 1 atom stereocenters. The van der Waals surface area contributed by atoms with Gasteiger partial charge in [0.25, 0.3) is 0 Å². The standard InChI is InChI=1S/C12H17NO2/c1-12(2,3)10(13)11(14)15-9-7-5-4-6-8-9/h4-8,10H,13H2,1-3H3/t10-/m0/s1. The molecule has 82 valence electrons. The van der Waals surface area contributed by atoms with Gasteiger partial charge in [-0.05, 0) is 17.5 Å². The summed E-state index contributed by atoms with van der Waals surface area (Å²) in [6.45, 7) is 5.72. The molecule has 0 radical (unpaired) electrons. The maximum absolute atomic E-state index is 11.6. The zero-order chi connectivity index (χ0) is 11.5. The lowest BCUT2D eigenvalue weighted by Crippen LogP contribution is -2.44. The first-order valence-corrected chi connectivity index (χ1v) is 4.93.